The standard InChI is InChI=1S/C15H16ClNO4/c1-8(2)17-14(18)9(3)20-15(19)13-7-10-6-11(16)4-5-12(10)21-13/h4-9H,1-3H3,(H,17,18)/t9-/m0/s1. The number of benzene rings is 1. The van der Waals surface area contributed by atoms with Gasteiger partial charge in [0.1, 0.15) is 5.58 Å². The van der Waals surface area contributed by atoms with E-state index in [9.17, 15) is 9.59 Å². The summed E-state index contributed by atoms with van der Waals surface area (Å²) in [5.41, 5.74) is 0.533. The molecule has 1 atom stereocenters. The van der Waals surface area contributed by atoms with E-state index < -0.39 is 12.1 Å². The van der Waals surface area contributed by atoms with Gasteiger partial charge in [-0.2, -0.15) is 0 Å². The molecule has 0 fully saturated rings. The zero-order valence-corrected chi connectivity index (χ0v) is 12.7. The van der Waals surface area contributed by atoms with Crippen molar-refractivity contribution >= 4 is 34.4 Å². The van der Waals surface area contributed by atoms with Crippen LogP contribution in [0.2, 0.25) is 5.02 Å². The summed E-state index contributed by atoms with van der Waals surface area (Å²) >= 11 is 5.87. The molecule has 0 unspecified atom stereocenters. The highest BCUT2D eigenvalue weighted by molar-refractivity contribution is 6.31. The van der Waals surface area contributed by atoms with Crippen LogP contribution >= 0.6 is 11.6 Å². The molecule has 0 saturated heterocycles. The first-order valence-electron chi connectivity index (χ1n) is 6.57. The maximum atomic E-state index is 12.0. The van der Waals surface area contributed by atoms with Crippen molar-refractivity contribution in [3.8, 4) is 0 Å². The van der Waals surface area contributed by atoms with Gasteiger partial charge in [-0.05, 0) is 45.0 Å². The number of esters is 1. The van der Waals surface area contributed by atoms with Crippen LogP contribution in [0.25, 0.3) is 11.0 Å². The summed E-state index contributed by atoms with van der Waals surface area (Å²) < 4.78 is 10.5. The highest BCUT2D eigenvalue weighted by Gasteiger charge is 2.21. The molecule has 112 valence electrons. The van der Waals surface area contributed by atoms with Crippen molar-refractivity contribution in [3.05, 3.63) is 35.0 Å². The van der Waals surface area contributed by atoms with Crippen LogP contribution in [0, 0.1) is 0 Å². The van der Waals surface area contributed by atoms with Crippen molar-refractivity contribution in [1.82, 2.24) is 5.32 Å². The molecule has 21 heavy (non-hydrogen) atoms. The molecule has 2 rings (SSSR count). The van der Waals surface area contributed by atoms with Gasteiger partial charge in [-0.1, -0.05) is 11.6 Å². The van der Waals surface area contributed by atoms with Crippen molar-refractivity contribution in [2.75, 3.05) is 0 Å². The number of hydrogen-bond acceptors (Lipinski definition) is 4. The molecule has 5 nitrogen and oxygen atoms in total. The molecular weight excluding hydrogens is 294 g/mol. The minimum Gasteiger partial charge on any atom is -0.449 e. The average molecular weight is 310 g/mol. The minimum absolute atomic E-state index is 0.0213. The second-order valence-corrected chi connectivity index (χ2v) is 5.44. The number of rotatable bonds is 4. The summed E-state index contributed by atoms with van der Waals surface area (Å²) in [6.07, 6.45) is -0.892. The van der Waals surface area contributed by atoms with E-state index in [0.29, 0.717) is 16.0 Å². The number of halogens is 1. The van der Waals surface area contributed by atoms with Gasteiger partial charge in [-0.25, -0.2) is 4.79 Å². The fraction of sp³-hybridized carbons (Fsp3) is 0.333. The highest BCUT2D eigenvalue weighted by atomic mass is 35.5. The third-order valence-electron chi connectivity index (χ3n) is 2.76. The first kappa shape index (κ1) is 15.4. The molecule has 1 heterocycles. The molecule has 0 bridgehead atoms. The van der Waals surface area contributed by atoms with E-state index in [4.69, 9.17) is 20.8 Å². The largest absolute Gasteiger partial charge is 0.449 e. The highest BCUT2D eigenvalue weighted by Crippen LogP contribution is 2.23. The third kappa shape index (κ3) is 3.76. The van der Waals surface area contributed by atoms with Gasteiger partial charge in [-0.15, -0.1) is 0 Å². The molecule has 0 saturated carbocycles. The molecule has 1 amide bonds. The smallest absolute Gasteiger partial charge is 0.375 e. The molecule has 6 heteroatoms. The molecule has 0 spiro atoms. The van der Waals surface area contributed by atoms with Gasteiger partial charge in [-0.3, -0.25) is 4.79 Å². The van der Waals surface area contributed by atoms with Crippen molar-refractivity contribution in [2.24, 2.45) is 0 Å². The van der Waals surface area contributed by atoms with Crippen LogP contribution in [0.3, 0.4) is 0 Å². The lowest BCUT2D eigenvalue weighted by Crippen LogP contribution is -2.39. The van der Waals surface area contributed by atoms with Crippen LogP contribution < -0.4 is 5.32 Å². The Balaban J connectivity index is 2.09. The Bertz CT molecular complexity index is 677. The summed E-state index contributed by atoms with van der Waals surface area (Å²) in [5, 5.41) is 3.92. The molecule has 1 aromatic heterocycles. The Kier molecular flexibility index (Phi) is 4.53. The second kappa shape index (κ2) is 6.18. The molecule has 0 aliphatic rings. The quantitative estimate of drug-likeness (QED) is 0.881. The number of ether oxygens (including phenoxy) is 1. The van der Waals surface area contributed by atoms with Gasteiger partial charge in [0.25, 0.3) is 5.91 Å². The van der Waals surface area contributed by atoms with E-state index in [1.165, 1.54) is 13.0 Å². The van der Waals surface area contributed by atoms with Crippen molar-refractivity contribution in [3.63, 3.8) is 0 Å². The van der Waals surface area contributed by atoms with Gasteiger partial charge < -0.3 is 14.5 Å². The topological polar surface area (TPSA) is 68.5 Å². The number of fused-ring (bicyclic) bond motifs is 1. The van der Waals surface area contributed by atoms with Gasteiger partial charge in [0.15, 0.2) is 6.10 Å². The third-order valence-corrected chi connectivity index (χ3v) is 3.00. The van der Waals surface area contributed by atoms with Gasteiger partial charge in [0.2, 0.25) is 5.76 Å². The molecule has 1 N–H and O–H groups in total. The Morgan fingerprint density at radius 1 is 1.24 bits per heavy atom. The van der Waals surface area contributed by atoms with E-state index in [1.54, 1.807) is 18.2 Å². The Labute approximate surface area is 127 Å². The number of carbonyl (C=O) groups excluding carboxylic acids is 2. The molecule has 0 aliphatic heterocycles. The van der Waals surface area contributed by atoms with Crippen LogP contribution in [0.15, 0.2) is 28.7 Å². The lowest BCUT2D eigenvalue weighted by Gasteiger charge is -2.14. The Morgan fingerprint density at radius 2 is 1.95 bits per heavy atom. The lowest BCUT2D eigenvalue weighted by atomic mass is 10.2. The van der Waals surface area contributed by atoms with Crippen LogP contribution in [-0.4, -0.2) is 24.0 Å². The lowest BCUT2D eigenvalue weighted by molar-refractivity contribution is -0.129. The molecule has 1 aromatic carbocycles. The van der Waals surface area contributed by atoms with Crippen molar-refractivity contribution in [2.45, 2.75) is 32.9 Å². The number of hydrogen-bond donors (Lipinski definition) is 1. The van der Waals surface area contributed by atoms with Crippen molar-refractivity contribution in [1.29, 1.82) is 0 Å². The maximum Gasteiger partial charge on any atom is 0.375 e. The van der Waals surface area contributed by atoms with Gasteiger partial charge in [0, 0.05) is 16.5 Å². The van der Waals surface area contributed by atoms with Gasteiger partial charge >= 0.3 is 5.97 Å². The zero-order valence-electron chi connectivity index (χ0n) is 12.0. The SMILES string of the molecule is CC(C)NC(=O)[C@H](C)OC(=O)c1cc2cc(Cl)ccc2o1. The second-order valence-electron chi connectivity index (χ2n) is 5.00. The number of carbonyl (C=O) groups is 2. The predicted octanol–water partition coefficient (Wildman–Crippen LogP) is 3.16. The summed E-state index contributed by atoms with van der Waals surface area (Å²) in [5.74, 6) is -0.998. The predicted molar refractivity (Wildman–Crippen MR) is 79.4 cm³/mol. The van der Waals surface area contributed by atoms with Crippen LogP contribution in [0.1, 0.15) is 31.3 Å². The Morgan fingerprint density at radius 3 is 2.62 bits per heavy atom. The average Bonchev–Trinajstić information content (AvgIpc) is 2.80. The zero-order chi connectivity index (χ0) is 15.6. The monoisotopic (exact) mass is 309 g/mol. The summed E-state index contributed by atoms with van der Waals surface area (Å²) in [6.45, 7) is 5.17. The Hall–Kier alpha value is -2.01. The van der Waals surface area contributed by atoms with Crippen molar-refractivity contribution < 1.29 is 18.7 Å². The molecular formula is C15H16ClNO4. The van der Waals surface area contributed by atoms with Crippen LogP contribution in [0.5, 0.6) is 0 Å². The maximum absolute atomic E-state index is 12.0. The number of nitrogens with one attached hydrogen (secondary N) is 1. The van der Waals surface area contributed by atoms with E-state index in [0.717, 1.165) is 0 Å². The van der Waals surface area contributed by atoms with Crippen LogP contribution in [0.4, 0.5) is 0 Å². The summed E-state index contributed by atoms with van der Waals surface area (Å²) in [6, 6.07) is 6.54. The van der Waals surface area contributed by atoms with E-state index in [-0.39, 0.29) is 17.7 Å². The summed E-state index contributed by atoms with van der Waals surface area (Å²) in [4.78, 5) is 23.7. The van der Waals surface area contributed by atoms with E-state index in [2.05, 4.69) is 5.32 Å². The molecule has 0 aliphatic carbocycles. The molecule has 2 aromatic rings. The fourth-order valence-corrected chi connectivity index (χ4v) is 1.97. The van der Waals surface area contributed by atoms with Gasteiger partial charge in [0.05, 0.1) is 0 Å². The first-order chi connectivity index (χ1) is 9.86. The normalized spacial score (nSPS) is 12.4. The van der Waals surface area contributed by atoms with E-state index >= 15 is 0 Å². The molecule has 0 radical (unpaired) electrons. The first-order valence-corrected chi connectivity index (χ1v) is 6.95. The fourth-order valence-electron chi connectivity index (χ4n) is 1.79. The minimum atomic E-state index is -0.892. The van der Waals surface area contributed by atoms with Crippen LogP contribution in [-0.2, 0) is 9.53 Å². The number of furan rings is 1. The van der Waals surface area contributed by atoms with E-state index in [1.807, 2.05) is 13.8 Å². The summed E-state index contributed by atoms with van der Waals surface area (Å²) in [7, 11) is 0. The number of amides is 1.